The summed E-state index contributed by atoms with van der Waals surface area (Å²) in [5, 5.41) is 3.34. The molecule has 0 spiro atoms. The predicted molar refractivity (Wildman–Crippen MR) is 58.9 cm³/mol. The third-order valence-electron chi connectivity index (χ3n) is 2.56. The summed E-state index contributed by atoms with van der Waals surface area (Å²) in [6, 6.07) is 1.97. The van der Waals surface area contributed by atoms with Gasteiger partial charge in [0, 0.05) is 23.7 Å². The van der Waals surface area contributed by atoms with Crippen LogP contribution in [-0.2, 0) is 4.74 Å². The molecule has 1 aromatic heterocycles. The summed E-state index contributed by atoms with van der Waals surface area (Å²) >= 11 is 0. The first kappa shape index (κ1) is 10.4. The van der Waals surface area contributed by atoms with Crippen molar-refractivity contribution in [2.45, 2.75) is 20.8 Å². The Morgan fingerprint density at radius 2 is 2.13 bits per heavy atom. The molecule has 2 heterocycles. The molecular formula is C11H17N3O. The van der Waals surface area contributed by atoms with E-state index in [1.807, 2.05) is 19.9 Å². The Hall–Kier alpha value is -1.16. The number of nitrogens with zero attached hydrogens (tertiary/aromatic N) is 2. The lowest BCUT2D eigenvalue weighted by Gasteiger charge is -2.38. The highest BCUT2D eigenvalue weighted by atomic mass is 16.5. The highest BCUT2D eigenvalue weighted by molar-refractivity contribution is 5.36. The molecule has 15 heavy (non-hydrogen) atoms. The van der Waals surface area contributed by atoms with Crippen LogP contribution < -0.4 is 5.32 Å². The summed E-state index contributed by atoms with van der Waals surface area (Å²) in [6.45, 7) is 8.68. The molecule has 1 fully saturated rings. The van der Waals surface area contributed by atoms with E-state index in [1.165, 1.54) is 0 Å². The van der Waals surface area contributed by atoms with Crippen LogP contribution in [0.2, 0.25) is 0 Å². The molecule has 0 aromatic carbocycles. The zero-order valence-corrected chi connectivity index (χ0v) is 9.50. The molecular weight excluding hydrogens is 190 g/mol. The monoisotopic (exact) mass is 207 g/mol. The number of hydrogen-bond donors (Lipinski definition) is 1. The van der Waals surface area contributed by atoms with Gasteiger partial charge in [0.1, 0.15) is 11.6 Å². The molecule has 1 aliphatic rings. The van der Waals surface area contributed by atoms with Gasteiger partial charge in [-0.15, -0.1) is 0 Å². The van der Waals surface area contributed by atoms with Gasteiger partial charge in [-0.25, -0.2) is 9.97 Å². The smallest absolute Gasteiger partial charge is 0.129 e. The van der Waals surface area contributed by atoms with Gasteiger partial charge >= 0.3 is 0 Å². The van der Waals surface area contributed by atoms with E-state index >= 15 is 0 Å². The Morgan fingerprint density at radius 3 is 2.67 bits per heavy atom. The van der Waals surface area contributed by atoms with E-state index in [2.05, 4.69) is 22.2 Å². The summed E-state index contributed by atoms with van der Waals surface area (Å²) in [5.74, 6) is 1.72. The van der Waals surface area contributed by atoms with Gasteiger partial charge in [0.05, 0.1) is 13.2 Å². The molecule has 2 rings (SSSR count). The Bertz CT molecular complexity index is 341. The summed E-state index contributed by atoms with van der Waals surface area (Å²) in [5.41, 5.74) is 1.27. The first-order valence-corrected chi connectivity index (χ1v) is 5.21. The minimum absolute atomic E-state index is 0.271. The molecule has 1 aliphatic heterocycles. The standard InChI is InChI=1S/C11H17N3O/c1-8-4-10(14-9(2)13-8)12-5-11(3)6-15-7-11/h4H,5-7H2,1-3H3,(H,12,13,14). The van der Waals surface area contributed by atoms with Gasteiger partial charge in [-0.3, -0.25) is 0 Å². The number of anilines is 1. The minimum Gasteiger partial charge on any atom is -0.380 e. The fourth-order valence-corrected chi connectivity index (χ4v) is 1.66. The molecule has 4 heteroatoms. The molecule has 0 radical (unpaired) electrons. The van der Waals surface area contributed by atoms with Crippen LogP contribution in [0.3, 0.4) is 0 Å². The molecule has 0 aliphatic carbocycles. The van der Waals surface area contributed by atoms with Crippen LogP contribution in [0.4, 0.5) is 5.82 Å². The van der Waals surface area contributed by atoms with E-state index in [-0.39, 0.29) is 5.41 Å². The van der Waals surface area contributed by atoms with Crippen molar-refractivity contribution in [1.29, 1.82) is 0 Å². The van der Waals surface area contributed by atoms with Crippen LogP contribution in [0.25, 0.3) is 0 Å². The molecule has 0 bridgehead atoms. The third kappa shape index (κ3) is 2.45. The van der Waals surface area contributed by atoms with Gasteiger partial charge in [-0.1, -0.05) is 6.92 Å². The van der Waals surface area contributed by atoms with Crippen molar-refractivity contribution in [3.05, 3.63) is 17.6 Å². The van der Waals surface area contributed by atoms with E-state index < -0.39 is 0 Å². The van der Waals surface area contributed by atoms with Gasteiger partial charge in [0.25, 0.3) is 0 Å². The van der Waals surface area contributed by atoms with Crippen molar-refractivity contribution in [2.75, 3.05) is 25.1 Å². The van der Waals surface area contributed by atoms with Crippen molar-refractivity contribution in [1.82, 2.24) is 9.97 Å². The van der Waals surface area contributed by atoms with E-state index in [0.29, 0.717) is 0 Å². The van der Waals surface area contributed by atoms with E-state index in [1.54, 1.807) is 0 Å². The third-order valence-corrected chi connectivity index (χ3v) is 2.56. The maximum Gasteiger partial charge on any atom is 0.129 e. The van der Waals surface area contributed by atoms with Crippen molar-refractivity contribution in [3.63, 3.8) is 0 Å². The van der Waals surface area contributed by atoms with Gasteiger partial charge in [0.15, 0.2) is 0 Å². The topological polar surface area (TPSA) is 47.0 Å². The van der Waals surface area contributed by atoms with E-state index in [0.717, 1.165) is 37.1 Å². The SMILES string of the molecule is Cc1cc(NCC2(C)COC2)nc(C)n1. The normalized spacial score (nSPS) is 18.3. The van der Waals surface area contributed by atoms with Gasteiger partial charge in [-0.05, 0) is 13.8 Å². The van der Waals surface area contributed by atoms with Crippen LogP contribution in [0.5, 0.6) is 0 Å². The minimum atomic E-state index is 0.271. The predicted octanol–water partition coefficient (Wildman–Crippen LogP) is 1.54. The highest BCUT2D eigenvalue weighted by Crippen LogP contribution is 2.26. The molecule has 82 valence electrons. The highest BCUT2D eigenvalue weighted by Gasteiger charge is 2.33. The van der Waals surface area contributed by atoms with Crippen LogP contribution in [0.15, 0.2) is 6.07 Å². The number of hydrogen-bond acceptors (Lipinski definition) is 4. The Balaban J connectivity index is 1.98. The lowest BCUT2D eigenvalue weighted by molar-refractivity contribution is -0.0924. The van der Waals surface area contributed by atoms with Gasteiger partial charge < -0.3 is 10.1 Å². The average molecular weight is 207 g/mol. The van der Waals surface area contributed by atoms with Crippen molar-refractivity contribution in [2.24, 2.45) is 5.41 Å². The van der Waals surface area contributed by atoms with Crippen molar-refractivity contribution in [3.8, 4) is 0 Å². The zero-order valence-electron chi connectivity index (χ0n) is 9.50. The Morgan fingerprint density at radius 1 is 1.40 bits per heavy atom. The number of rotatable bonds is 3. The largest absolute Gasteiger partial charge is 0.380 e. The first-order chi connectivity index (χ1) is 7.07. The Kier molecular flexibility index (Phi) is 2.61. The van der Waals surface area contributed by atoms with Crippen molar-refractivity contribution < 1.29 is 4.74 Å². The molecule has 0 unspecified atom stereocenters. The summed E-state index contributed by atoms with van der Waals surface area (Å²) in [4.78, 5) is 8.57. The first-order valence-electron chi connectivity index (χ1n) is 5.21. The van der Waals surface area contributed by atoms with Gasteiger partial charge in [0.2, 0.25) is 0 Å². The molecule has 0 atom stereocenters. The molecule has 1 N–H and O–H groups in total. The average Bonchev–Trinajstić information content (AvgIpc) is 2.10. The van der Waals surface area contributed by atoms with Crippen molar-refractivity contribution >= 4 is 5.82 Å². The van der Waals surface area contributed by atoms with Gasteiger partial charge in [-0.2, -0.15) is 0 Å². The molecule has 1 aromatic rings. The van der Waals surface area contributed by atoms with E-state index in [4.69, 9.17) is 4.74 Å². The zero-order chi connectivity index (χ0) is 10.9. The molecule has 0 amide bonds. The summed E-state index contributed by atoms with van der Waals surface area (Å²) < 4.78 is 5.20. The molecule has 0 saturated carbocycles. The van der Waals surface area contributed by atoms with E-state index in [9.17, 15) is 0 Å². The second-order valence-electron chi connectivity index (χ2n) is 4.60. The number of aromatic nitrogens is 2. The molecule has 1 saturated heterocycles. The van der Waals surface area contributed by atoms with Crippen LogP contribution in [0, 0.1) is 19.3 Å². The maximum absolute atomic E-state index is 5.20. The quantitative estimate of drug-likeness (QED) is 0.816. The lowest BCUT2D eigenvalue weighted by Crippen LogP contribution is -2.45. The van der Waals surface area contributed by atoms with Crippen LogP contribution >= 0.6 is 0 Å². The van der Waals surface area contributed by atoms with Crippen LogP contribution in [-0.4, -0.2) is 29.7 Å². The second kappa shape index (κ2) is 3.77. The fraction of sp³-hybridized carbons (Fsp3) is 0.636. The maximum atomic E-state index is 5.20. The second-order valence-corrected chi connectivity index (χ2v) is 4.60. The summed E-state index contributed by atoms with van der Waals surface area (Å²) in [6.07, 6.45) is 0. The molecule has 4 nitrogen and oxygen atoms in total. The number of nitrogens with one attached hydrogen (secondary N) is 1. The lowest BCUT2D eigenvalue weighted by atomic mass is 9.89. The Labute approximate surface area is 90.1 Å². The van der Waals surface area contributed by atoms with Crippen LogP contribution in [0.1, 0.15) is 18.4 Å². The summed E-state index contributed by atoms with van der Waals surface area (Å²) in [7, 11) is 0. The fourth-order valence-electron chi connectivity index (χ4n) is 1.66. The number of aryl methyl sites for hydroxylation is 2. The number of ether oxygens (including phenoxy) is 1.